The third kappa shape index (κ3) is 5.50. The Kier molecular flexibility index (Phi) is 7.32. The maximum Gasteiger partial charge on any atom is 0.414 e. The van der Waals surface area contributed by atoms with Gasteiger partial charge in [-0.2, -0.15) is 0 Å². The van der Waals surface area contributed by atoms with Crippen molar-refractivity contribution in [3.05, 3.63) is 64.8 Å². The van der Waals surface area contributed by atoms with E-state index in [0.717, 1.165) is 58.9 Å². The third-order valence-electron chi connectivity index (χ3n) is 6.33. The Bertz CT molecular complexity index is 1370. The molecule has 35 heavy (non-hydrogen) atoms. The van der Waals surface area contributed by atoms with Crippen molar-refractivity contribution in [2.24, 2.45) is 0 Å². The van der Waals surface area contributed by atoms with Crippen molar-refractivity contribution < 1.29 is 9.53 Å². The zero-order valence-electron chi connectivity index (χ0n) is 19.3. The number of carbonyl (C=O) groups excluding carboxylic acids is 1. The lowest BCUT2D eigenvalue weighted by atomic mass is 9.96. The van der Waals surface area contributed by atoms with E-state index in [1.807, 2.05) is 42.5 Å². The normalized spacial score (nSPS) is 14.3. The van der Waals surface area contributed by atoms with Crippen LogP contribution >= 0.6 is 23.2 Å². The highest BCUT2D eigenvalue weighted by Crippen LogP contribution is 2.36. The summed E-state index contributed by atoms with van der Waals surface area (Å²) >= 11 is 12.4. The van der Waals surface area contributed by atoms with Crippen LogP contribution in [0.1, 0.15) is 25.7 Å². The highest BCUT2D eigenvalue weighted by molar-refractivity contribution is 6.42. The monoisotopic (exact) mass is 508 g/mol. The van der Waals surface area contributed by atoms with Crippen LogP contribution in [0.25, 0.3) is 32.8 Å². The fraction of sp³-hybridized carbons (Fsp3) is 0.296. The topological polar surface area (TPSA) is 67.3 Å². The average molecular weight is 509 g/mol. The summed E-state index contributed by atoms with van der Waals surface area (Å²) in [6, 6.07) is 15.6. The van der Waals surface area contributed by atoms with Crippen molar-refractivity contribution in [1.29, 1.82) is 0 Å². The number of benzene rings is 3. The van der Waals surface area contributed by atoms with E-state index in [0.29, 0.717) is 16.7 Å². The van der Waals surface area contributed by atoms with Crippen LogP contribution in [0.2, 0.25) is 10.0 Å². The van der Waals surface area contributed by atoms with Gasteiger partial charge in [0.25, 0.3) is 0 Å². The van der Waals surface area contributed by atoms with Gasteiger partial charge in [-0.25, -0.2) is 14.8 Å². The molecule has 6 nitrogen and oxygen atoms in total. The van der Waals surface area contributed by atoms with E-state index in [4.69, 9.17) is 27.9 Å². The number of hydrogen-bond donors (Lipinski definition) is 1. The molecule has 1 fully saturated rings. The fourth-order valence-corrected chi connectivity index (χ4v) is 4.89. The first-order valence-electron chi connectivity index (χ1n) is 11.9. The summed E-state index contributed by atoms with van der Waals surface area (Å²) in [5, 5.41) is 6.50. The largest absolute Gasteiger partial charge is 0.449 e. The van der Waals surface area contributed by atoms with E-state index in [9.17, 15) is 4.79 Å². The molecule has 0 atom stereocenters. The number of carbonyl (C=O) groups is 1. The van der Waals surface area contributed by atoms with Crippen LogP contribution in [0, 0.1) is 0 Å². The second-order valence-corrected chi connectivity index (χ2v) is 9.56. The zero-order chi connectivity index (χ0) is 24.2. The molecule has 180 valence electrons. The average Bonchev–Trinajstić information content (AvgIpc) is 2.88. The lowest BCUT2D eigenvalue weighted by Crippen LogP contribution is -2.31. The summed E-state index contributed by atoms with van der Waals surface area (Å²) in [6.07, 6.45) is 5.80. The number of fused-ring (bicyclic) bond motifs is 3. The van der Waals surface area contributed by atoms with E-state index >= 15 is 0 Å². The van der Waals surface area contributed by atoms with Crippen LogP contribution in [0.15, 0.2) is 54.7 Å². The number of hydrogen-bond acceptors (Lipinski definition) is 5. The number of likely N-dealkylation sites (tertiary alicyclic amines) is 1. The molecule has 5 rings (SSSR count). The molecule has 0 spiro atoms. The molecule has 1 N–H and O–H groups in total. The summed E-state index contributed by atoms with van der Waals surface area (Å²) in [5.74, 6) is 0.214. The molecule has 0 radical (unpaired) electrons. The minimum absolute atomic E-state index is 0.214. The minimum Gasteiger partial charge on any atom is -0.449 e. The van der Waals surface area contributed by atoms with Crippen LogP contribution in [-0.4, -0.2) is 47.2 Å². The molecule has 0 unspecified atom stereocenters. The first kappa shape index (κ1) is 23.8. The number of nitrogens with one attached hydrogen (secondary N) is 1. The fourth-order valence-electron chi connectivity index (χ4n) is 4.60. The number of nitrogens with zero attached hydrogens (tertiary/aromatic N) is 3. The molecule has 1 aromatic heterocycles. The van der Waals surface area contributed by atoms with Crippen LogP contribution in [0.5, 0.6) is 0 Å². The van der Waals surface area contributed by atoms with Gasteiger partial charge < -0.3 is 9.64 Å². The molecule has 0 bridgehead atoms. The Hall–Kier alpha value is -2.93. The summed E-state index contributed by atoms with van der Waals surface area (Å²) in [6.45, 7) is 3.59. The Morgan fingerprint density at radius 2 is 1.80 bits per heavy atom. The quantitative estimate of drug-likeness (QED) is 0.220. The SMILES string of the molecule is O=C(Nc1ncc2cc(-c3ccc(Cl)c(Cl)c3)c3ccccc3c2n1)OCCCN1CCCCC1. The van der Waals surface area contributed by atoms with Gasteiger partial charge in [-0.15, -0.1) is 0 Å². The van der Waals surface area contributed by atoms with Gasteiger partial charge in [-0.1, -0.05) is 60.0 Å². The second kappa shape index (κ2) is 10.8. The van der Waals surface area contributed by atoms with E-state index in [1.165, 1.54) is 19.3 Å². The highest BCUT2D eigenvalue weighted by atomic mass is 35.5. The smallest absolute Gasteiger partial charge is 0.414 e. The van der Waals surface area contributed by atoms with Crippen molar-refractivity contribution in [3.8, 4) is 11.1 Å². The number of amides is 1. The van der Waals surface area contributed by atoms with Gasteiger partial charge >= 0.3 is 6.09 Å². The predicted molar refractivity (Wildman–Crippen MR) is 142 cm³/mol. The summed E-state index contributed by atoms with van der Waals surface area (Å²) in [5.41, 5.74) is 2.71. The van der Waals surface area contributed by atoms with E-state index < -0.39 is 6.09 Å². The molecule has 1 saturated heterocycles. The molecule has 8 heteroatoms. The summed E-state index contributed by atoms with van der Waals surface area (Å²) in [7, 11) is 0. The van der Waals surface area contributed by atoms with E-state index in [1.54, 1.807) is 12.3 Å². The molecule has 4 aromatic rings. The van der Waals surface area contributed by atoms with Gasteiger partial charge in [0, 0.05) is 23.5 Å². The molecule has 3 aromatic carbocycles. The molecule has 2 heterocycles. The number of halogens is 2. The van der Waals surface area contributed by atoms with E-state index in [-0.39, 0.29) is 5.95 Å². The van der Waals surface area contributed by atoms with Crippen molar-refractivity contribution >= 4 is 56.9 Å². The first-order valence-corrected chi connectivity index (χ1v) is 12.6. The maximum atomic E-state index is 12.3. The molecule has 1 aliphatic rings. The van der Waals surface area contributed by atoms with Crippen LogP contribution in [0.4, 0.5) is 10.7 Å². The number of anilines is 1. The van der Waals surface area contributed by atoms with Crippen LogP contribution < -0.4 is 5.32 Å². The number of piperidine rings is 1. The minimum atomic E-state index is -0.542. The molecule has 1 amide bonds. The standard InChI is InChI=1S/C27H26Cl2N4O2/c28-23-10-9-18(16-24(23)29)22-15-19-17-30-26(31-25(19)21-8-3-2-7-20(21)22)32-27(34)35-14-6-13-33-11-4-1-5-12-33/h2-3,7-10,15-17H,1,4-6,11-14H2,(H,30,31,32,34). The van der Waals surface area contributed by atoms with Crippen molar-refractivity contribution in [3.63, 3.8) is 0 Å². The van der Waals surface area contributed by atoms with Crippen molar-refractivity contribution in [2.75, 3.05) is 31.6 Å². The first-order chi connectivity index (χ1) is 17.1. The van der Waals surface area contributed by atoms with Gasteiger partial charge in [-0.3, -0.25) is 5.32 Å². The van der Waals surface area contributed by atoms with Gasteiger partial charge in [-0.05, 0) is 67.1 Å². The molecule has 0 saturated carbocycles. The van der Waals surface area contributed by atoms with Crippen LogP contribution in [-0.2, 0) is 4.74 Å². The highest BCUT2D eigenvalue weighted by Gasteiger charge is 2.14. The van der Waals surface area contributed by atoms with Gasteiger partial charge in [0.1, 0.15) is 0 Å². The number of ether oxygens (including phenoxy) is 1. The Morgan fingerprint density at radius 3 is 2.60 bits per heavy atom. The number of aromatic nitrogens is 2. The van der Waals surface area contributed by atoms with Gasteiger partial charge in [0.2, 0.25) is 5.95 Å². The lowest BCUT2D eigenvalue weighted by Gasteiger charge is -2.26. The summed E-state index contributed by atoms with van der Waals surface area (Å²) < 4.78 is 5.35. The Labute approximate surface area is 214 Å². The number of rotatable bonds is 6. The molecular weight excluding hydrogens is 483 g/mol. The van der Waals surface area contributed by atoms with E-state index in [2.05, 4.69) is 20.2 Å². The predicted octanol–water partition coefficient (Wildman–Crippen LogP) is 7.18. The molecule has 0 aliphatic carbocycles. The van der Waals surface area contributed by atoms with Crippen molar-refractivity contribution in [2.45, 2.75) is 25.7 Å². The lowest BCUT2D eigenvalue weighted by molar-refractivity contribution is 0.148. The Morgan fingerprint density at radius 1 is 1.00 bits per heavy atom. The second-order valence-electron chi connectivity index (χ2n) is 8.75. The zero-order valence-corrected chi connectivity index (χ0v) is 20.8. The molecule has 1 aliphatic heterocycles. The maximum absolute atomic E-state index is 12.3. The summed E-state index contributed by atoms with van der Waals surface area (Å²) in [4.78, 5) is 23.7. The van der Waals surface area contributed by atoms with Gasteiger partial charge in [0.15, 0.2) is 0 Å². The van der Waals surface area contributed by atoms with Gasteiger partial charge in [0.05, 0.1) is 22.2 Å². The molecular formula is C27H26Cl2N4O2. The van der Waals surface area contributed by atoms with Crippen molar-refractivity contribution in [1.82, 2.24) is 14.9 Å². The van der Waals surface area contributed by atoms with Crippen LogP contribution in [0.3, 0.4) is 0 Å². The Balaban J connectivity index is 1.33. The third-order valence-corrected chi connectivity index (χ3v) is 7.07.